The summed E-state index contributed by atoms with van der Waals surface area (Å²) in [5.41, 5.74) is 0.513. The molecule has 31 heavy (non-hydrogen) atoms. The number of aromatic nitrogens is 4. The Bertz CT molecular complexity index is 1080. The van der Waals surface area contributed by atoms with Crippen LogP contribution in [0, 0.1) is 12.7 Å². The summed E-state index contributed by atoms with van der Waals surface area (Å²) >= 11 is 1.25. The van der Waals surface area contributed by atoms with Gasteiger partial charge in [-0.05, 0) is 31.0 Å². The number of aryl methyl sites for hydroxylation is 1. The molecular formula is C18H17F3N6O3S. The number of ether oxygens (including phenoxy) is 1. The first-order chi connectivity index (χ1) is 14.9. The van der Waals surface area contributed by atoms with Crippen molar-refractivity contribution < 1.29 is 27.1 Å². The van der Waals surface area contributed by atoms with Gasteiger partial charge in [0.1, 0.15) is 10.8 Å². The van der Waals surface area contributed by atoms with Crippen LogP contribution in [-0.4, -0.2) is 57.1 Å². The van der Waals surface area contributed by atoms with Gasteiger partial charge in [0.2, 0.25) is 11.0 Å². The molecule has 13 heteroatoms. The number of hydrogen-bond acceptors (Lipinski definition) is 8. The molecule has 3 aromatic rings. The predicted molar refractivity (Wildman–Crippen MR) is 103 cm³/mol. The van der Waals surface area contributed by atoms with E-state index in [9.17, 15) is 18.0 Å². The van der Waals surface area contributed by atoms with Crippen LogP contribution in [0.1, 0.15) is 22.9 Å². The molecule has 1 atom stereocenters. The third-order valence-corrected chi connectivity index (χ3v) is 5.37. The summed E-state index contributed by atoms with van der Waals surface area (Å²) in [6.45, 7) is 2.72. The number of benzene rings is 1. The number of urea groups is 1. The summed E-state index contributed by atoms with van der Waals surface area (Å²) in [5, 5.41) is 18.3. The Morgan fingerprint density at radius 1 is 1.32 bits per heavy atom. The molecule has 1 fully saturated rings. The van der Waals surface area contributed by atoms with Crippen molar-refractivity contribution in [2.45, 2.75) is 25.8 Å². The van der Waals surface area contributed by atoms with Crippen molar-refractivity contribution in [3.8, 4) is 11.5 Å². The molecule has 1 saturated heterocycles. The molecule has 0 radical (unpaired) electrons. The van der Waals surface area contributed by atoms with E-state index in [4.69, 9.17) is 9.15 Å². The normalized spacial score (nSPS) is 16.7. The van der Waals surface area contributed by atoms with Gasteiger partial charge in [0, 0.05) is 12.1 Å². The van der Waals surface area contributed by atoms with Gasteiger partial charge in [-0.1, -0.05) is 17.4 Å². The lowest BCUT2D eigenvalue weighted by atomic mass is 10.0. The highest BCUT2D eigenvalue weighted by Gasteiger charge is 2.29. The number of nitrogens with one attached hydrogen (secondary N) is 1. The van der Waals surface area contributed by atoms with Gasteiger partial charge in [-0.3, -0.25) is 5.32 Å². The van der Waals surface area contributed by atoms with Gasteiger partial charge >= 0.3 is 12.5 Å². The van der Waals surface area contributed by atoms with Crippen LogP contribution in [0.4, 0.5) is 23.1 Å². The number of carbonyl (C=O) groups excluding carboxylic acids is 1. The highest BCUT2D eigenvalue weighted by atomic mass is 32.1. The molecule has 2 aromatic heterocycles. The molecule has 1 unspecified atom stereocenters. The Labute approximate surface area is 178 Å². The zero-order valence-electron chi connectivity index (χ0n) is 16.2. The van der Waals surface area contributed by atoms with E-state index in [1.807, 2.05) is 0 Å². The van der Waals surface area contributed by atoms with E-state index in [1.54, 1.807) is 11.8 Å². The average molecular weight is 454 g/mol. The monoisotopic (exact) mass is 454 g/mol. The minimum atomic E-state index is -2.90. The molecule has 4 rings (SSSR count). The summed E-state index contributed by atoms with van der Waals surface area (Å²) in [7, 11) is 0. The third kappa shape index (κ3) is 4.82. The summed E-state index contributed by atoms with van der Waals surface area (Å²) in [6.07, 6.45) is -2.71. The van der Waals surface area contributed by atoms with Crippen LogP contribution in [0.3, 0.4) is 0 Å². The van der Waals surface area contributed by atoms with Crippen molar-refractivity contribution in [1.82, 2.24) is 25.3 Å². The topological polar surface area (TPSA) is 106 Å². The Morgan fingerprint density at radius 3 is 2.84 bits per heavy atom. The summed E-state index contributed by atoms with van der Waals surface area (Å²) in [4.78, 5) is 14.2. The van der Waals surface area contributed by atoms with Gasteiger partial charge < -0.3 is 14.1 Å². The van der Waals surface area contributed by atoms with Gasteiger partial charge in [0.05, 0.1) is 19.3 Å². The smallest absolute Gasteiger partial charge is 0.324 e. The van der Waals surface area contributed by atoms with E-state index >= 15 is 0 Å². The fourth-order valence-electron chi connectivity index (χ4n) is 3.14. The van der Waals surface area contributed by atoms with Gasteiger partial charge in [-0.2, -0.15) is 8.78 Å². The van der Waals surface area contributed by atoms with Crippen LogP contribution in [-0.2, 0) is 11.2 Å². The highest BCUT2D eigenvalue weighted by molar-refractivity contribution is 7.15. The number of nitrogens with zero attached hydrogens (tertiary/aromatic N) is 5. The van der Waals surface area contributed by atoms with Gasteiger partial charge in [-0.15, -0.1) is 20.4 Å². The molecule has 0 saturated carbocycles. The van der Waals surface area contributed by atoms with Crippen LogP contribution in [0.15, 0.2) is 22.6 Å². The van der Waals surface area contributed by atoms with Gasteiger partial charge in [-0.25, -0.2) is 9.18 Å². The predicted octanol–water partition coefficient (Wildman–Crippen LogP) is 3.45. The second kappa shape index (κ2) is 8.98. The number of hydrogen-bond donors (Lipinski definition) is 1. The number of halogens is 3. The van der Waals surface area contributed by atoms with Crippen LogP contribution < -0.4 is 5.32 Å². The average Bonchev–Trinajstić information content (AvgIpc) is 3.39. The van der Waals surface area contributed by atoms with Crippen LogP contribution in [0.2, 0.25) is 0 Å². The lowest BCUT2D eigenvalue weighted by Crippen LogP contribution is -2.51. The first-order valence-electron chi connectivity index (χ1n) is 9.26. The standard InChI is InChI=1S/C18H17F3N6O3S/c1-9-23-26-17(31-9)22-18(28)27-4-5-29-8-12(27)6-10-2-3-11(7-13(10)19)15-24-25-16(30-15)14(20)21/h2-3,7,12,14H,4-6,8H2,1H3,(H,22,26,28). The highest BCUT2D eigenvalue weighted by Crippen LogP contribution is 2.26. The number of anilines is 1. The number of alkyl halides is 2. The van der Waals surface area contributed by atoms with Crippen molar-refractivity contribution >= 4 is 22.5 Å². The minimum absolute atomic E-state index is 0.182. The zero-order valence-corrected chi connectivity index (χ0v) is 17.0. The molecule has 2 amide bonds. The molecule has 164 valence electrons. The molecular weight excluding hydrogens is 437 g/mol. The number of rotatable bonds is 5. The van der Waals surface area contributed by atoms with E-state index in [1.165, 1.54) is 23.5 Å². The van der Waals surface area contributed by atoms with Crippen molar-refractivity contribution in [1.29, 1.82) is 0 Å². The van der Waals surface area contributed by atoms with E-state index in [2.05, 4.69) is 25.7 Å². The van der Waals surface area contributed by atoms with Crippen LogP contribution >= 0.6 is 11.3 Å². The largest absolute Gasteiger partial charge is 0.415 e. The maximum absolute atomic E-state index is 14.7. The maximum atomic E-state index is 14.7. The third-order valence-electron chi connectivity index (χ3n) is 4.61. The van der Waals surface area contributed by atoms with Gasteiger partial charge in [0.25, 0.3) is 5.89 Å². The number of morpholine rings is 1. The summed E-state index contributed by atoms with van der Waals surface area (Å²) < 4.78 is 50.3. The molecule has 1 aliphatic heterocycles. The van der Waals surface area contributed by atoms with Gasteiger partial charge in [0.15, 0.2) is 0 Å². The number of carbonyl (C=O) groups is 1. The zero-order chi connectivity index (χ0) is 22.0. The molecule has 0 spiro atoms. The molecule has 1 aromatic carbocycles. The second-order valence-corrected chi connectivity index (χ2v) is 7.92. The Hall–Kier alpha value is -3.06. The van der Waals surface area contributed by atoms with Crippen molar-refractivity contribution in [2.24, 2.45) is 0 Å². The first-order valence-corrected chi connectivity index (χ1v) is 10.1. The van der Waals surface area contributed by atoms with Crippen molar-refractivity contribution in [3.05, 3.63) is 40.5 Å². The lowest BCUT2D eigenvalue weighted by Gasteiger charge is -2.35. The van der Waals surface area contributed by atoms with Crippen molar-refractivity contribution in [3.63, 3.8) is 0 Å². The fourth-order valence-corrected chi connectivity index (χ4v) is 3.72. The Morgan fingerprint density at radius 2 is 2.16 bits per heavy atom. The molecule has 0 aliphatic carbocycles. The van der Waals surface area contributed by atoms with E-state index in [0.29, 0.717) is 23.8 Å². The molecule has 9 nitrogen and oxygen atoms in total. The van der Waals surface area contributed by atoms with E-state index in [0.717, 1.165) is 11.1 Å². The first kappa shape index (κ1) is 21.2. The van der Waals surface area contributed by atoms with Crippen LogP contribution in [0.5, 0.6) is 0 Å². The Balaban J connectivity index is 1.47. The number of amides is 2. The summed E-state index contributed by atoms with van der Waals surface area (Å²) in [6, 6.07) is 3.36. The lowest BCUT2D eigenvalue weighted by molar-refractivity contribution is 0.0155. The minimum Gasteiger partial charge on any atom is -0.415 e. The van der Waals surface area contributed by atoms with Crippen molar-refractivity contribution in [2.75, 3.05) is 25.1 Å². The molecule has 1 aliphatic rings. The SMILES string of the molecule is Cc1nnc(NC(=O)N2CCOCC2Cc2ccc(-c3nnc(C(F)F)o3)cc2F)s1. The second-order valence-electron chi connectivity index (χ2n) is 6.73. The molecule has 0 bridgehead atoms. The maximum Gasteiger partial charge on any atom is 0.324 e. The molecule has 1 N–H and O–H groups in total. The molecule has 3 heterocycles. The van der Waals surface area contributed by atoms with E-state index in [-0.39, 0.29) is 30.5 Å². The quantitative estimate of drug-likeness (QED) is 0.629. The fraction of sp³-hybridized carbons (Fsp3) is 0.389. The Kier molecular flexibility index (Phi) is 6.13. The summed E-state index contributed by atoms with van der Waals surface area (Å²) in [5.74, 6) is -1.61. The van der Waals surface area contributed by atoms with Crippen LogP contribution in [0.25, 0.3) is 11.5 Å². The van der Waals surface area contributed by atoms with E-state index < -0.39 is 24.2 Å².